The van der Waals surface area contributed by atoms with E-state index in [9.17, 15) is 14.3 Å². The highest BCUT2D eigenvalue weighted by molar-refractivity contribution is 5.79. The van der Waals surface area contributed by atoms with Gasteiger partial charge in [-0.25, -0.2) is 9.37 Å². The van der Waals surface area contributed by atoms with Gasteiger partial charge in [-0.15, -0.1) is 0 Å². The lowest BCUT2D eigenvalue weighted by Crippen LogP contribution is -2.46. The van der Waals surface area contributed by atoms with Crippen molar-refractivity contribution in [2.24, 2.45) is 11.3 Å². The molecule has 126 valence electrons. The fraction of sp³-hybridized carbons (Fsp3) is 0.444. The number of aromatic nitrogens is 1. The molecule has 2 saturated heterocycles. The number of hydrogen-bond acceptors (Lipinski definition) is 4. The maximum Gasteiger partial charge on any atom is 0.313 e. The molecule has 1 aromatic carbocycles. The first-order valence-corrected chi connectivity index (χ1v) is 8.16. The SMILES string of the molecule is O=C(O)[C@]12COCC[C@H]1CN(Cc1ccc3cccc(F)c3n1)C2. The van der Waals surface area contributed by atoms with Gasteiger partial charge in [0.2, 0.25) is 0 Å². The van der Waals surface area contributed by atoms with E-state index >= 15 is 0 Å². The van der Waals surface area contributed by atoms with Crippen LogP contribution in [0, 0.1) is 17.2 Å². The van der Waals surface area contributed by atoms with Gasteiger partial charge in [0, 0.05) is 31.6 Å². The predicted molar refractivity (Wildman–Crippen MR) is 86.0 cm³/mol. The molecule has 2 aromatic rings. The third-order valence-corrected chi connectivity index (χ3v) is 5.28. The number of ether oxygens (including phenoxy) is 1. The van der Waals surface area contributed by atoms with Crippen LogP contribution in [0.2, 0.25) is 0 Å². The minimum atomic E-state index is -0.819. The highest BCUT2D eigenvalue weighted by atomic mass is 19.1. The first-order chi connectivity index (χ1) is 11.6. The van der Waals surface area contributed by atoms with Gasteiger partial charge in [0.1, 0.15) is 16.7 Å². The Bertz CT molecular complexity index is 797. The Morgan fingerprint density at radius 2 is 2.29 bits per heavy atom. The number of halogens is 1. The number of hydrogen-bond donors (Lipinski definition) is 1. The van der Waals surface area contributed by atoms with Gasteiger partial charge in [-0.1, -0.05) is 18.2 Å². The van der Waals surface area contributed by atoms with Gasteiger partial charge in [0.25, 0.3) is 0 Å². The van der Waals surface area contributed by atoms with Crippen LogP contribution in [0.5, 0.6) is 0 Å². The predicted octanol–water partition coefficient (Wildman–Crippen LogP) is 2.30. The van der Waals surface area contributed by atoms with E-state index in [4.69, 9.17) is 4.74 Å². The van der Waals surface area contributed by atoms with Crippen LogP contribution >= 0.6 is 0 Å². The quantitative estimate of drug-likeness (QED) is 0.936. The summed E-state index contributed by atoms with van der Waals surface area (Å²) in [5.74, 6) is -1.02. The zero-order chi connectivity index (χ0) is 16.7. The van der Waals surface area contributed by atoms with Crippen LogP contribution in [0.15, 0.2) is 30.3 Å². The van der Waals surface area contributed by atoms with Gasteiger partial charge in [-0.2, -0.15) is 0 Å². The van der Waals surface area contributed by atoms with Gasteiger partial charge in [0.05, 0.1) is 12.3 Å². The first-order valence-electron chi connectivity index (χ1n) is 8.16. The molecule has 0 radical (unpaired) electrons. The lowest BCUT2D eigenvalue weighted by molar-refractivity contribution is -0.159. The number of aliphatic carboxylic acids is 1. The van der Waals surface area contributed by atoms with E-state index in [0.717, 1.165) is 17.5 Å². The molecular weight excluding hydrogens is 311 g/mol. The number of para-hydroxylation sites is 1. The fourth-order valence-corrected chi connectivity index (χ4v) is 3.98. The molecule has 0 spiro atoms. The number of likely N-dealkylation sites (tertiary alicyclic amines) is 1. The molecule has 2 aliphatic heterocycles. The summed E-state index contributed by atoms with van der Waals surface area (Å²) in [5.41, 5.74) is 0.302. The topological polar surface area (TPSA) is 62.7 Å². The van der Waals surface area contributed by atoms with E-state index in [1.54, 1.807) is 6.07 Å². The lowest BCUT2D eigenvalue weighted by Gasteiger charge is -2.34. The van der Waals surface area contributed by atoms with E-state index in [1.807, 2.05) is 18.2 Å². The average molecular weight is 330 g/mol. The summed E-state index contributed by atoms with van der Waals surface area (Å²) < 4.78 is 19.4. The van der Waals surface area contributed by atoms with Gasteiger partial charge in [-0.3, -0.25) is 9.69 Å². The molecule has 0 bridgehead atoms. The van der Waals surface area contributed by atoms with Crippen LogP contribution in [0.1, 0.15) is 12.1 Å². The van der Waals surface area contributed by atoms with Gasteiger partial charge in [-0.05, 0) is 24.5 Å². The van der Waals surface area contributed by atoms with Crippen LogP contribution in [0.25, 0.3) is 10.9 Å². The molecule has 1 N–H and O–H groups in total. The van der Waals surface area contributed by atoms with Crippen molar-refractivity contribution in [1.82, 2.24) is 9.88 Å². The molecule has 24 heavy (non-hydrogen) atoms. The molecule has 6 heteroatoms. The normalized spacial score (nSPS) is 27.3. The molecule has 1 aromatic heterocycles. The summed E-state index contributed by atoms with van der Waals surface area (Å²) in [6, 6.07) is 8.64. The number of carbonyl (C=O) groups is 1. The third-order valence-electron chi connectivity index (χ3n) is 5.28. The second-order valence-electron chi connectivity index (χ2n) is 6.78. The van der Waals surface area contributed by atoms with Gasteiger partial charge in [0.15, 0.2) is 0 Å². The van der Waals surface area contributed by atoms with Crippen molar-refractivity contribution in [2.75, 3.05) is 26.3 Å². The summed E-state index contributed by atoms with van der Waals surface area (Å²) in [4.78, 5) is 18.3. The molecule has 4 rings (SSSR count). The number of carboxylic acid groups (broad SMARTS) is 1. The minimum absolute atomic E-state index is 0.0981. The van der Waals surface area contributed by atoms with E-state index in [-0.39, 0.29) is 18.3 Å². The monoisotopic (exact) mass is 330 g/mol. The molecule has 0 saturated carbocycles. The van der Waals surface area contributed by atoms with Crippen molar-refractivity contribution in [2.45, 2.75) is 13.0 Å². The van der Waals surface area contributed by atoms with Crippen molar-refractivity contribution < 1.29 is 19.0 Å². The van der Waals surface area contributed by atoms with E-state index < -0.39 is 11.4 Å². The summed E-state index contributed by atoms with van der Waals surface area (Å²) >= 11 is 0. The standard InChI is InChI=1S/C18H19FN2O3/c19-15-3-1-2-12-4-5-14(20-16(12)15)9-21-8-13-6-7-24-11-18(13,10-21)17(22)23/h1-5,13H,6-11H2,(H,22,23)/t13-,18+/m0/s1. The highest BCUT2D eigenvalue weighted by Gasteiger charge is 2.53. The molecule has 5 nitrogen and oxygen atoms in total. The first kappa shape index (κ1) is 15.5. The van der Waals surface area contributed by atoms with Crippen LogP contribution in [0.3, 0.4) is 0 Å². The van der Waals surface area contributed by atoms with Crippen LogP contribution in [-0.4, -0.2) is 47.3 Å². The second kappa shape index (κ2) is 5.79. The molecule has 2 fully saturated rings. The lowest BCUT2D eigenvalue weighted by atomic mass is 9.76. The number of pyridine rings is 1. The zero-order valence-corrected chi connectivity index (χ0v) is 13.2. The van der Waals surface area contributed by atoms with Crippen LogP contribution in [-0.2, 0) is 16.1 Å². The number of carboxylic acids is 1. The summed E-state index contributed by atoms with van der Waals surface area (Å²) in [5, 5.41) is 10.5. The van der Waals surface area contributed by atoms with Gasteiger partial charge < -0.3 is 9.84 Å². The summed E-state index contributed by atoms with van der Waals surface area (Å²) in [6.07, 6.45) is 0.766. The Morgan fingerprint density at radius 3 is 3.08 bits per heavy atom. The summed E-state index contributed by atoms with van der Waals surface area (Å²) in [7, 11) is 0. The van der Waals surface area contributed by atoms with Crippen LogP contribution in [0.4, 0.5) is 4.39 Å². The average Bonchev–Trinajstić information content (AvgIpc) is 2.95. The highest BCUT2D eigenvalue weighted by Crippen LogP contribution is 2.42. The molecule has 2 aliphatic rings. The maximum absolute atomic E-state index is 13.9. The summed E-state index contributed by atoms with van der Waals surface area (Å²) in [6.45, 7) is 2.57. The van der Waals surface area contributed by atoms with E-state index in [1.165, 1.54) is 6.07 Å². The largest absolute Gasteiger partial charge is 0.481 e. The minimum Gasteiger partial charge on any atom is -0.481 e. The molecule has 0 amide bonds. The van der Waals surface area contributed by atoms with Crippen molar-refractivity contribution in [3.63, 3.8) is 0 Å². The zero-order valence-electron chi connectivity index (χ0n) is 13.2. The number of rotatable bonds is 3. The second-order valence-corrected chi connectivity index (χ2v) is 6.78. The maximum atomic E-state index is 13.9. The van der Waals surface area contributed by atoms with Crippen molar-refractivity contribution in [3.8, 4) is 0 Å². The van der Waals surface area contributed by atoms with Gasteiger partial charge >= 0.3 is 5.97 Å². The third kappa shape index (κ3) is 2.46. The Hall–Kier alpha value is -2.05. The Morgan fingerprint density at radius 1 is 1.42 bits per heavy atom. The van der Waals surface area contributed by atoms with E-state index in [0.29, 0.717) is 31.8 Å². The molecule has 0 aliphatic carbocycles. The van der Waals surface area contributed by atoms with E-state index in [2.05, 4.69) is 9.88 Å². The fourth-order valence-electron chi connectivity index (χ4n) is 3.98. The Labute approximate surface area is 139 Å². The Balaban J connectivity index is 1.58. The van der Waals surface area contributed by atoms with Crippen molar-refractivity contribution >= 4 is 16.9 Å². The van der Waals surface area contributed by atoms with Crippen molar-refractivity contribution in [1.29, 1.82) is 0 Å². The molecular formula is C18H19FN2O3. The molecule has 2 atom stereocenters. The molecule has 3 heterocycles. The number of fused-ring (bicyclic) bond motifs is 2. The van der Waals surface area contributed by atoms with Crippen molar-refractivity contribution in [3.05, 3.63) is 41.8 Å². The number of nitrogens with zero attached hydrogens (tertiary/aromatic N) is 2. The molecule has 0 unspecified atom stereocenters. The smallest absolute Gasteiger partial charge is 0.313 e. The number of benzene rings is 1. The Kier molecular flexibility index (Phi) is 3.73. The van der Waals surface area contributed by atoms with Crippen LogP contribution < -0.4 is 0 Å².